The van der Waals surface area contributed by atoms with Gasteiger partial charge in [0, 0.05) is 5.56 Å². The second-order valence-corrected chi connectivity index (χ2v) is 6.10. The minimum Gasteiger partial charge on any atom is -0.319 e. The van der Waals surface area contributed by atoms with Crippen molar-refractivity contribution in [1.82, 2.24) is 15.0 Å². The van der Waals surface area contributed by atoms with Crippen molar-refractivity contribution in [2.45, 2.75) is 13.5 Å². The molecule has 4 rings (SSSR count). The zero-order chi connectivity index (χ0) is 17.9. The van der Waals surface area contributed by atoms with E-state index in [-0.39, 0.29) is 12.5 Å². The molecule has 0 radical (unpaired) electrons. The zero-order valence-corrected chi connectivity index (χ0v) is 14.4. The molecule has 1 amide bonds. The molecule has 0 atom stereocenters. The van der Waals surface area contributed by atoms with Crippen molar-refractivity contribution in [2.75, 3.05) is 0 Å². The van der Waals surface area contributed by atoms with Crippen LogP contribution in [0.25, 0.3) is 21.8 Å². The molecule has 0 saturated heterocycles. The normalized spacial score (nSPS) is 11.4. The third kappa shape index (κ3) is 3.07. The third-order valence-corrected chi connectivity index (χ3v) is 4.36. The second kappa shape index (κ2) is 6.80. The van der Waals surface area contributed by atoms with E-state index < -0.39 is 0 Å². The summed E-state index contributed by atoms with van der Waals surface area (Å²) in [4.78, 5) is 16.8. The van der Waals surface area contributed by atoms with E-state index in [1.54, 1.807) is 6.21 Å². The number of rotatable bonds is 4. The van der Waals surface area contributed by atoms with Crippen LogP contribution in [-0.4, -0.2) is 21.7 Å². The largest absolute Gasteiger partial charge is 0.319 e. The minimum atomic E-state index is -0.187. The number of aryl methyl sites for hydroxylation is 1. The minimum absolute atomic E-state index is 0.180. The van der Waals surface area contributed by atoms with Gasteiger partial charge in [0.1, 0.15) is 12.4 Å². The quantitative estimate of drug-likeness (QED) is 0.455. The summed E-state index contributed by atoms with van der Waals surface area (Å²) in [7, 11) is 0. The monoisotopic (exact) mass is 342 g/mol. The molecule has 128 valence electrons. The molecule has 0 aliphatic rings. The van der Waals surface area contributed by atoms with Gasteiger partial charge in [-0.25, -0.2) is 10.4 Å². The molecule has 1 heterocycles. The molecule has 0 aliphatic heterocycles. The number of carbonyl (C=O) groups excluding carboxylic acids is 1. The van der Waals surface area contributed by atoms with Gasteiger partial charge in [-0.05, 0) is 29.8 Å². The smallest absolute Gasteiger partial charge is 0.260 e. The van der Waals surface area contributed by atoms with E-state index in [0.717, 1.165) is 33.2 Å². The number of fused-ring (bicyclic) bond motifs is 2. The topological polar surface area (TPSA) is 59.3 Å². The predicted molar refractivity (Wildman–Crippen MR) is 104 cm³/mol. The molecule has 1 aromatic heterocycles. The number of amides is 1. The molecule has 26 heavy (non-hydrogen) atoms. The van der Waals surface area contributed by atoms with E-state index >= 15 is 0 Å². The van der Waals surface area contributed by atoms with E-state index in [2.05, 4.69) is 27.6 Å². The number of benzene rings is 3. The van der Waals surface area contributed by atoms with Gasteiger partial charge in [-0.15, -0.1) is 0 Å². The fourth-order valence-corrected chi connectivity index (χ4v) is 3.11. The Morgan fingerprint density at radius 3 is 2.77 bits per heavy atom. The van der Waals surface area contributed by atoms with Gasteiger partial charge in [0.2, 0.25) is 0 Å². The number of aromatic nitrogens is 2. The van der Waals surface area contributed by atoms with E-state index in [9.17, 15) is 4.79 Å². The number of nitrogens with zero attached hydrogens (tertiary/aromatic N) is 3. The lowest BCUT2D eigenvalue weighted by atomic mass is 10.1. The van der Waals surface area contributed by atoms with Crippen molar-refractivity contribution in [2.24, 2.45) is 5.10 Å². The Kier molecular flexibility index (Phi) is 4.19. The number of carbonyl (C=O) groups is 1. The lowest BCUT2D eigenvalue weighted by Gasteiger charge is -2.05. The lowest BCUT2D eigenvalue weighted by Crippen LogP contribution is -2.23. The molecule has 0 saturated carbocycles. The third-order valence-electron chi connectivity index (χ3n) is 4.36. The van der Waals surface area contributed by atoms with Gasteiger partial charge in [0.25, 0.3) is 5.91 Å². The molecule has 0 unspecified atom stereocenters. The van der Waals surface area contributed by atoms with Crippen LogP contribution >= 0.6 is 0 Å². The maximum absolute atomic E-state index is 12.3. The SMILES string of the molecule is Cc1nc2ccccc2n1CC(=O)N/N=C\c1cccc2ccccc12. The van der Waals surface area contributed by atoms with E-state index in [1.165, 1.54) is 0 Å². The molecule has 3 aromatic carbocycles. The van der Waals surface area contributed by atoms with E-state index in [1.807, 2.05) is 66.1 Å². The van der Waals surface area contributed by atoms with Gasteiger partial charge in [-0.1, -0.05) is 54.6 Å². The van der Waals surface area contributed by atoms with Crippen molar-refractivity contribution in [3.8, 4) is 0 Å². The lowest BCUT2D eigenvalue weighted by molar-refractivity contribution is -0.121. The summed E-state index contributed by atoms with van der Waals surface area (Å²) in [5, 5.41) is 6.37. The Hall–Kier alpha value is -3.47. The van der Waals surface area contributed by atoms with Crippen molar-refractivity contribution in [1.29, 1.82) is 0 Å². The summed E-state index contributed by atoms with van der Waals surface area (Å²) >= 11 is 0. The van der Waals surface area contributed by atoms with Gasteiger partial charge in [-0.3, -0.25) is 4.79 Å². The van der Waals surface area contributed by atoms with Gasteiger partial charge in [0.05, 0.1) is 17.2 Å². The molecular formula is C21H18N4O. The maximum atomic E-state index is 12.3. The Balaban J connectivity index is 1.50. The van der Waals surface area contributed by atoms with Crippen LogP contribution in [0.2, 0.25) is 0 Å². The average Bonchev–Trinajstić information content (AvgIpc) is 2.97. The van der Waals surface area contributed by atoms with Gasteiger partial charge >= 0.3 is 0 Å². The fourth-order valence-electron chi connectivity index (χ4n) is 3.11. The van der Waals surface area contributed by atoms with E-state index in [0.29, 0.717) is 0 Å². The summed E-state index contributed by atoms with van der Waals surface area (Å²) in [5.41, 5.74) is 5.40. The molecular weight excluding hydrogens is 324 g/mol. The Bertz CT molecular complexity index is 1120. The highest BCUT2D eigenvalue weighted by molar-refractivity contribution is 5.99. The number of hydrogen-bond donors (Lipinski definition) is 1. The summed E-state index contributed by atoms with van der Waals surface area (Å²) in [6.45, 7) is 2.08. The molecule has 5 nitrogen and oxygen atoms in total. The highest BCUT2D eigenvalue weighted by atomic mass is 16.2. The first-order valence-corrected chi connectivity index (χ1v) is 8.44. The number of hydrogen-bond acceptors (Lipinski definition) is 3. The van der Waals surface area contributed by atoms with Crippen molar-refractivity contribution in [3.63, 3.8) is 0 Å². The van der Waals surface area contributed by atoms with E-state index in [4.69, 9.17) is 0 Å². The second-order valence-electron chi connectivity index (χ2n) is 6.10. The van der Waals surface area contributed by atoms with Crippen molar-refractivity contribution in [3.05, 3.63) is 78.1 Å². The van der Waals surface area contributed by atoms with Crippen LogP contribution in [0, 0.1) is 6.92 Å². The van der Waals surface area contributed by atoms with Gasteiger partial charge in [0.15, 0.2) is 0 Å². The summed E-state index contributed by atoms with van der Waals surface area (Å²) in [6, 6.07) is 21.9. The highest BCUT2D eigenvalue weighted by Crippen LogP contribution is 2.17. The summed E-state index contributed by atoms with van der Waals surface area (Å²) in [5.74, 6) is 0.618. The first-order chi connectivity index (χ1) is 12.7. The Labute approximate surface area is 151 Å². The molecule has 0 aliphatic carbocycles. The van der Waals surface area contributed by atoms with Crippen LogP contribution in [0.1, 0.15) is 11.4 Å². The molecule has 5 heteroatoms. The standard InChI is InChI=1S/C21H18N4O/c1-15-23-19-11-4-5-12-20(19)25(15)14-21(26)24-22-13-17-9-6-8-16-7-2-3-10-18(16)17/h2-13H,14H2,1H3,(H,24,26)/b22-13-. The molecule has 1 N–H and O–H groups in total. The van der Waals surface area contributed by atoms with Gasteiger partial charge < -0.3 is 4.57 Å². The van der Waals surface area contributed by atoms with Crippen LogP contribution in [0.5, 0.6) is 0 Å². The number of hydrazone groups is 1. The van der Waals surface area contributed by atoms with Gasteiger partial charge in [-0.2, -0.15) is 5.10 Å². The van der Waals surface area contributed by atoms with Crippen molar-refractivity contribution < 1.29 is 4.79 Å². The number of para-hydroxylation sites is 2. The predicted octanol–water partition coefficient (Wildman–Crippen LogP) is 3.65. The van der Waals surface area contributed by atoms with Crippen LogP contribution in [0.3, 0.4) is 0 Å². The molecule has 4 aromatic rings. The van der Waals surface area contributed by atoms with Crippen LogP contribution < -0.4 is 5.43 Å². The Morgan fingerprint density at radius 2 is 1.85 bits per heavy atom. The number of nitrogens with one attached hydrogen (secondary N) is 1. The molecule has 0 bridgehead atoms. The zero-order valence-electron chi connectivity index (χ0n) is 14.4. The molecule has 0 fully saturated rings. The first-order valence-electron chi connectivity index (χ1n) is 8.44. The summed E-state index contributed by atoms with van der Waals surface area (Å²) in [6.07, 6.45) is 1.68. The maximum Gasteiger partial charge on any atom is 0.260 e. The van der Waals surface area contributed by atoms with Crippen molar-refractivity contribution >= 4 is 33.9 Å². The van der Waals surface area contributed by atoms with Crippen LogP contribution in [0.15, 0.2) is 71.8 Å². The summed E-state index contributed by atoms with van der Waals surface area (Å²) < 4.78 is 1.89. The molecule has 0 spiro atoms. The first kappa shape index (κ1) is 16.0. The fraction of sp³-hybridized carbons (Fsp3) is 0.0952. The van der Waals surface area contributed by atoms with Crippen LogP contribution in [-0.2, 0) is 11.3 Å². The Morgan fingerprint density at radius 1 is 1.08 bits per heavy atom. The number of imidazole rings is 1. The highest BCUT2D eigenvalue weighted by Gasteiger charge is 2.10. The van der Waals surface area contributed by atoms with Crippen LogP contribution in [0.4, 0.5) is 0 Å². The average molecular weight is 342 g/mol.